The Morgan fingerprint density at radius 2 is 1.92 bits per heavy atom. The van der Waals surface area contributed by atoms with Gasteiger partial charge in [0.05, 0.1) is 0 Å². The molecule has 2 amide bonds. The van der Waals surface area contributed by atoms with Crippen molar-refractivity contribution in [1.82, 2.24) is 9.80 Å². The summed E-state index contributed by atoms with van der Waals surface area (Å²) in [6.07, 6.45) is 2.34. The molecule has 0 spiro atoms. The lowest BCUT2D eigenvalue weighted by Gasteiger charge is -2.40. The molecule has 3 rings (SSSR count). The zero-order valence-corrected chi connectivity index (χ0v) is 16.1. The van der Waals surface area contributed by atoms with Gasteiger partial charge in [-0.15, -0.1) is 0 Å². The number of nitrogens with two attached hydrogens (primary N) is 1. The van der Waals surface area contributed by atoms with Gasteiger partial charge in [0.25, 0.3) is 0 Å². The highest BCUT2D eigenvalue weighted by molar-refractivity contribution is 5.89. The summed E-state index contributed by atoms with van der Waals surface area (Å²) in [5.74, 6) is 0.467. The van der Waals surface area contributed by atoms with Crippen LogP contribution in [0.2, 0.25) is 0 Å². The minimum atomic E-state index is -0.398. The van der Waals surface area contributed by atoms with E-state index in [2.05, 4.69) is 19.1 Å². The Hall–Kier alpha value is -1.88. The molecular formula is C21H31N3O2. The monoisotopic (exact) mass is 357 g/mol. The fourth-order valence-electron chi connectivity index (χ4n) is 4.24. The molecule has 5 nitrogen and oxygen atoms in total. The average Bonchev–Trinajstić information content (AvgIpc) is 3.05. The third-order valence-electron chi connectivity index (χ3n) is 6.13. The van der Waals surface area contributed by atoms with Crippen LogP contribution in [-0.2, 0) is 22.6 Å². The first kappa shape index (κ1) is 18.9. The Balaban J connectivity index is 1.88. The molecule has 2 heterocycles. The van der Waals surface area contributed by atoms with Crippen molar-refractivity contribution in [2.45, 2.75) is 58.7 Å². The number of fused-ring (bicyclic) bond motifs is 1. The van der Waals surface area contributed by atoms with Gasteiger partial charge in [-0.1, -0.05) is 38.1 Å². The van der Waals surface area contributed by atoms with Crippen LogP contribution in [0.1, 0.15) is 44.7 Å². The number of benzene rings is 1. The summed E-state index contributed by atoms with van der Waals surface area (Å²) in [4.78, 5) is 30.2. The van der Waals surface area contributed by atoms with E-state index in [9.17, 15) is 9.59 Å². The first-order valence-electron chi connectivity index (χ1n) is 9.84. The lowest BCUT2D eigenvalue weighted by atomic mass is 9.91. The van der Waals surface area contributed by atoms with E-state index in [4.69, 9.17) is 5.73 Å². The van der Waals surface area contributed by atoms with Crippen molar-refractivity contribution in [1.29, 1.82) is 0 Å². The number of carbonyl (C=O) groups is 2. The van der Waals surface area contributed by atoms with Gasteiger partial charge in [-0.3, -0.25) is 9.59 Å². The molecule has 2 aliphatic heterocycles. The van der Waals surface area contributed by atoms with E-state index >= 15 is 0 Å². The summed E-state index contributed by atoms with van der Waals surface area (Å²) in [7, 11) is 0. The van der Waals surface area contributed by atoms with E-state index in [0.717, 1.165) is 18.4 Å². The minimum absolute atomic E-state index is 0.0663. The predicted molar refractivity (Wildman–Crippen MR) is 102 cm³/mol. The van der Waals surface area contributed by atoms with Gasteiger partial charge in [-0.2, -0.15) is 0 Å². The van der Waals surface area contributed by atoms with Gasteiger partial charge >= 0.3 is 0 Å². The first-order valence-corrected chi connectivity index (χ1v) is 9.84. The highest BCUT2D eigenvalue weighted by Crippen LogP contribution is 2.30. The molecule has 2 aliphatic rings. The summed E-state index contributed by atoms with van der Waals surface area (Å²) < 4.78 is 0. The highest BCUT2D eigenvalue weighted by atomic mass is 16.2. The maximum Gasteiger partial charge on any atom is 0.245 e. The fraction of sp³-hybridized carbons (Fsp3) is 0.619. The SMILES string of the molecule is CCC(C)C(=O)N1Cc2ccccc2CC1C(=O)N1CC(CN)CC1C. The largest absolute Gasteiger partial charge is 0.338 e. The van der Waals surface area contributed by atoms with Crippen LogP contribution in [0.5, 0.6) is 0 Å². The number of amides is 2. The minimum Gasteiger partial charge on any atom is -0.338 e. The molecule has 5 heteroatoms. The lowest BCUT2D eigenvalue weighted by molar-refractivity contribution is -0.149. The van der Waals surface area contributed by atoms with Crippen LogP contribution in [0.25, 0.3) is 0 Å². The smallest absolute Gasteiger partial charge is 0.245 e. The molecular weight excluding hydrogens is 326 g/mol. The number of hydrogen-bond acceptors (Lipinski definition) is 3. The van der Waals surface area contributed by atoms with Crippen LogP contribution in [0.15, 0.2) is 24.3 Å². The lowest BCUT2D eigenvalue weighted by Crippen LogP contribution is -2.55. The summed E-state index contributed by atoms with van der Waals surface area (Å²) >= 11 is 0. The summed E-state index contributed by atoms with van der Waals surface area (Å²) in [6, 6.07) is 7.95. The van der Waals surface area contributed by atoms with Gasteiger partial charge < -0.3 is 15.5 Å². The molecule has 1 saturated heterocycles. The van der Waals surface area contributed by atoms with Crippen LogP contribution in [0.4, 0.5) is 0 Å². The Bertz CT molecular complexity index is 675. The highest BCUT2D eigenvalue weighted by Gasteiger charge is 2.41. The molecule has 1 aromatic carbocycles. The molecule has 1 aromatic rings. The summed E-state index contributed by atoms with van der Waals surface area (Å²) in [6.45, 7) is 7.90. The van der Waals surface area contributed by atoms with Gasteiger partial charge in [-0.25, -0.2) is 0 Å². The molecule has 0 bridgehead atoms. The van der Waals surface area contributed by atoms with Crippen molar-refractivity contribution < 1.29 is 9.59 Å². The van der Waals surface area contributed by atoms with Crippen molar-refractivity contribution in [3.05, 3.63) is 35.4 Å². The van der Waals surface area contributed by atoms with E-state index < -0.39 is 6.04 Å². The molecule has 0 aromatic heterocycles. The molecule has 1 fully saturated rings. The topological polar surface area (TPSA) is 66.6 Å². The van der Waals surface area contributed by atoms with Gasteiger partial charge in [0.15, 0.2) is 0 Å². The quantitative estimate of drug-likeness (QED) is 0.898. The zero-order valence-electron chi connectivity index (χ0n) is 16.1. The van der Waals surface area contributed by atoms with Crippen molar-refractivity contribution in [3.63, 3.8) is 0 Å². The second kappa shape index (κ2) is 7.78. The first-order chi connectivity index (χ1) is 12.5. The summed E-state index contributed by atoms with van der Waals surface area (Å²) in [5, 5.41) is 0. The van der Waals surface area contributed by atoms with Crippen molar-refractivity contribution in [2.75, 3.05) is 13.1 Å². The van der Waals surface area contributed by atoms with Crippen molar-refractivity contribution in [2.24, 2.45) is 17.6 Å². The molecule has 0 radical (unpaired) electrons. The molecule has 0 saturated carbocycles. The van der Waals surface area contributed by atoms with Crippen LogP contribution in [0, 0.1) is 11.8 Å². The molecule has 142 valence electrons. The van der Waals surface area contributed by atoms with E-state index in [-0.39, 0.29) is 23.8 Å². The standard InChI is InChI=1S/C21H31N3O2/c1-4-14(2)20(25)24-13-18-8-6-5-7-17(18)10-19(24)21(26)23-12-16(11-22)9-15(23)3/h5-8,14-16,19H,4,9-13,22H2,1-3H3. The van der Waals surface area contributed by atoms with Crippen LogP contribution in [-0.4, -0.2) is 46.8 Å². The molecule has 2 N–H and O–H groups in total. The van der Waals surface area contributed by atoms with E-state index in [1.165, 1.54) is 5.56 Å². The normalized spacial score (nSPS) is 26.5. The average molecular weight is 357 g/mol. The van der Waals surface area contributed by atoms with Gasteiger partial charge in [0.2, 0.25) is 11.8 Å². The van der Waals surface area contributed by atoms with E-state index in [0.29, 0.717) is 32.0 Å². The third-order valence-corrected chi connectivity index (χ3v) is 6.13. The number of hydrogen-bond donors (Lipinski definition) is 1. The van der Waals surface area contributed by atoms with E-state index in [1.54, 1.807) is 0 Å². The predicted octanol–water partition coefficient (Wildman–Crippen LogP) is 2.18. The second-order valence-electron chi connectivity index (χ2n) is 7.94. The Morgan fingerprint density at radius 3 is 2.54 bits per heavy atom. The zero-order chi connectivity index (χ0) is 18.8. The number of rotatable bonds is 4. The Kier molecular flexibility index (Phi) is 5.66. The van der Waals surface area contributed by atoms with Crippen LogP contribution in [0.3, 0.4) is 0 Å². The molecule has 4 unspecified atom stereocenters. The van der Waals surface area contributed by atoms with Gasteiger partial charge in [0, 0.05) is 31.5 Å². The maximum atomic E-state index is 13.4. The number of carbonyl (C=O) groups excluding carboxylic acids is 2. The fourth-order valence-corrected chi connectivity index (χ4v) is 4.24. The van der Waals surface area contributed by atoms with Crippen LogP contribution < -0.4 is 5.73 Å². The number of nitrogens with zero attached hydrogens (tertiary/aromatic N) is 2. The van der Waals surface area contributed by atoms with Crippen molar-refractivity contribution in [3.8, 4) is 0 Å². The van der Waals surface area contributed by atoms with Crippen molar-refractivity contribution >= 4 is 11.8 Å². The summed E-state index contributed by atoms with van der Waals surface area (Å²) in [5.41, 5.74) is 8.17. The van der Waals surface area contributed by atoms with Gasteiger partial charge in [-0.05, 0) is 43.4 Å². The molecule has 26 heavy (non-hydrogen) atoms. The van der Waals surface area contributed by atoms with E-state index in [1.807, 2.05) is 35.8 Å². The maximum absolute atomic E-state index is 13.4. The van der Waals surface area contributed by atoms with Gasteiger partial charge in [0.1, 0.15) is 6.04 Å². The Morgan fingerprint density at radius 1 is 1.23 bits per heavy atom. The van der Waals surface area contributed by atoms with Crippen LogP contribution >= 0.6 is 0 Å². The molecule has 0 aliphatic carbocycles. The second-order valence-corrected chi connectivity index (χ2v) is 7.94. The Labute approximate surface area is 156 Å². The third kappa shape index (κ3) is 3.50. The molecule has 4 atom stereocenters. The number of likely N-dealkylation sites (tertiary alicyclic amines) is 1.